The van der Waals surface area contributed by atoms with Gasteiger partial charge in [0.15, 0.2) is 11.6 Å². The molecule has 2 fully saturated rings. The van der Waals surface area contributed by atoms with Crippen LogP contribution in [-0.4, -0.2) is 11.6 Å². The summed E-state index contributed by atoms with van der Waals surface area (Å²) in [7, 11) is 0. The van der Waals surface area contributed by atoms with Crippen molar-refractivity contribution in [3.05, 3.63) is 34.4 Å². The maximum atomic E-state index is 13.0. The van der Waals surface area contributed by atoms with Crippen LogP contribution in [0, 0.1) is 22.7 Å². The lowest BCUT2D eigenvalue weighted by Crippen LogP contribution is -2.55. The monoisotopic (exact) mass is 294 g/mol. The van der Waals surface area contributed by atoms with Crippen molar-refractivity contribution in [1.29, 1.82) is 0 Å². The van der Waals surface area contributed by atoms with Crippen LogP contribution in [0.5, 0.6) is 0 Å². The van der Waals surface area contributed by atoms with Crippen LogP contribution in [0.1, 0.15) is 84.2 Å². The Balaban J connectivity index is 1.78. The third-order valence-corrected chi connectivity index (χ3v) is 7.68. The fourth-order valence-corrected chi connectivity index (χ4v) is 5.89. The smallest absolute Gasteiger partial charge is 0.167 e. The summed E-state index contributed by atoms with van der Waals surface area (Å²) in [6, 6.07) is 4.33. The number of hydrogen-bond donors (Lipinski definition) is 0. The predicted octanol–water partition coefficient (Wildman–Crippen LogP) is 4.34. The Bertz CT molecular complexity index is 703. The molecule has 0 aliphatic heterocycles. The van der Waals surface area contributed by atoms with E-state index in [4.69, 9.17) is 0 Å². The topological polar surface area (TPSA) is 34.1 Å². The summed E-state index contributed by atoms with van der Waals surface area (Å²) in [5, 5.41) is 0. The second-order valence-electron chi connectivity index (χ2n) is 9.05. The molecule has 6 aliphatic carbocycles. The van der Waals surface area contributed by atoms with Gasteiger partial charge in [-0.15, -0.1) is 0 Å². The molecule has 2 heteroatoms. The third-order valence-electron chi connectivity index (χ3n) is 7.68. The van der Waals surface area contributed by atoms with Gasteiger partial charge in [0, 0.05) is 23.0 Å². The molecule has 0 amide bonds. The van der Waals surface area contributed by atoms with Gasteiger partial charge in [-0.05, 0) is 46.6 Å². The molecule has 7 rings (SSSR count). The van der Waals surface area contributed by atoms with Crippen LogP contribution in [0.4, 0.5) is 0 Å². The molecule has 4 atom stereocenters. The third kappa shape index (κ3) is 1.12. The first-order valence-electron chi connectivity index (χ1n) is 8.51. The maximum Gasteiger partial charge on any atom is 0.167 e. The van der Waals surface area contributed by atoms with Crippen LogP contribution < -0.4 is 0 Å². The standard InChI is InChI=1S/C20H22O2/c1-19(2)11-7-13(19)17(21)15-9(11)5-6-10-12-8-14(20(12,3)4)18(22)16(10)15/h5-6,11-14H,7-8H2,1-4H3. The minimum atomic E-state index is 0.0677. The van der Waals surface area contributed by atoms with Crippen LogP contribution in [-0.2, 0) is 0 Å². The van der Waals surface area contributed by atoms with Crippen molar-refractivity contribution in [2.45, 2.75) is 52.4 Å². The minimum Gasteiger partial charge on any atom is -0.294 e. The molecule has 4 bridgehead atoms. The zero-order valence-corrected chi connectivity index (χ0v) is 13.7. The molecule has 0 saturated heterocycles. The van der Waals surface area contributed by atoms with Crippen molar-refractivity contribution in [2.24, 2.45) is 22.7 Å². The van der Waals surface area contributed by atoms with Gasteiger partial charge in [0.25, 0.3) is 0 Å². The van der Waals surface area contributed by atoms with E-state index in [1.165, 1.54) is 0 Å². The summed E-state index contributed by atoms with van der Waals surface area (Å²) in [4.78, 5) is 26.0. The molecule has 0 heterocycles. The van der Waals surface area contributed by atoms with E-state index in [-0.39, 0.29) is 34.2 Å². The van der Waals surface area contributed by atoms with Crippen molar-refractivity contribution in [1.82, 2.24) is 0 Å². The molecule has 114 valence electrons. The van der Waals surface area contributed by atoms with E-state index in [2.05, 4.69) is 39.8 Å². The van der Waals surface area contributed by atoms with E-state index in [1.54, 1.807) is 0 Å². The van der Waals surface area contributed by atoms with E-state index >= 15 is 0 Å². The highest BCUT2D eigenvalue weighted by molar-refractivity contribution is 6.15. The Kier molecular flexibility index (Phi) is 2.01. The van der Waals surface area contributed by atoms with E-state index in [1.807, 2.05) is 0 Å². The molecule has 0 N–H and O–H groups in total. The van der Waals surface area contributed by atoms with E-state index < -0.39 is 0 Å². The van der Waals surface area contributed by atoms with Gasteiger partial charge in [-0.3, -0.25) is 9.59 Å². The Labute approximate surface area is 131 Å². The van der Waals surface area contributed by atoms with Gasteiger partial charge < -0.3 is 0 Å². The first-order chi connectivity index (χ1) is 10.3. The zero-order chi connectivity index (χ0) is 15.6. The lowest BCUT2D eigenvalue weighted by atomic mass is 9.43. The zero-order valence-electron chi connectivity index (χ0n) is 13.7. The Morgan fingerprint density at radius 3 is 1.41 bits per heavy atom. The summed E-state index contributed by atoms with van der Waals surface area (Å²) in [5.74, 6) is 1.63. The van der Waals surface area contributed by atoms with Crippen LogP contribution >= 0.6 is 0 Å². The first kappa shape index (κ1) is 13.0. The number of benzene rings is 1. The van der Waals surface area contributed by atoms with Crippen LogP contribution in [0.15, 0.2) is 12.1 Å². The molecule has 22 heavy (non-hydrogen) atoms. The summed E-state index contributed by atoms with van der Waals surface area (Å²) in [5.41, 5.74) is 4.07. The predicted molar refractivity (Wildman–Crippen MR) is 84.4 cm³/mol. The molecule has 2 nitrogen and oxygen atoms in total. The molecular weight excluding hydrogens is 272 g/mol. The van der Waals surface area contributed by atoms with E-state index in [9.17, 15) is 9.59 Å². The quantitative estimate of drug-likeness (QED) is 0.713. The molecule has 0 aromatic heterocycles. The number of carbonyl (C=O) groups excluding carboxylic acids is 2. The summed E-state index contributed by atoms with van der Waals surface area (Å²) < 4.78 is 0. The summed E-state index contributed by atoms with van der Waals surface area (Å²) in [6.45, 7) is 8.81. The normalized spacial score (nSPS) is 38.5. The second kappa shape index (κ2) is 3.39. The first-order valence-corrected chi connectivity index (χ1v) is 8.51. The van der Waals surface area contributed by atoms with Crippen LogP contribution in [0.25, 0.3) is 0 Å². The van der Waals surface area contributed by atoms with Gasteiger partial charge in [0.1, 0.15) is 0 Å². The summed E-state index contributed by atoms with van der Waals surface area (Å²) >= 11 is 0. The van der Waals surface area contributed by atoms with Gasteiger partial charge in [0.05, 0.1) is 0 Å². The SMILES string of the molecule is CC1(C)C2CC1c1ccc3c(c1C2=O)C(=O)C1CC3C1(C)C. The second-order valence-corrected chi connectivity index (χ2v) is 9.05. The van der Waals surface area contributed by atoms with Crippen molar-refractivity contribution in [2.75, 3.05) is 0 Å². The number of carbonyl (C=O) groups is 2. The minimum absolute atomic E-state index is 0.0677. The van der Waals surface area contributed by atoms with Gasteiger partial charge in [-0.1, -0.05) is 39.8 Å². The lowest BCUT2D eigenvalue weighted by molar-refractivity contribution is 0.0141. The van der Waals surface area contributed by atoms with E-state index in [0.717, 1.165) is 35.1 Å². The van der Waals surface area contributed by atoms with Crippen molar-refractivity contribution < 1.29 is 9.59 Å². The highest BCUT2D eigenvalue weighted by atomic mass is 16.1. The molecular formula is C20H22O2. The summed E-state index contributed by atoms with van der Waals surface area (Å²) in [6.07, 6.45) is 1.95. The van der Waals surface area contributed by atoms with E-state index in [0.29, 0.717) is 11.8 Å². The molecule has 0 spiro atoms. The Morgan fingerprint density at radius 1 is 0.727 bits per heavy atom. The van der Waals surface area contributed by atoms with Crippen molar-refractivity contribution >= 4 is 11.6 Å². The van der Waals surface area contributed by atoms with Crippen LogP contribution in [0.3, 0.4) is 0 Å². The highest BCUT2D eigenvalue weighted by Gasteiger charge is 2.62. The number of Topliss-reactive ketones (excluding diaryl/α,β-unsaturated/α-hetero) is 2. The van der Waals surface area contributed by atoms with Gasteiger partial charge in [-0.25, -0.2) is 0 Å². The number of ketones is 2. The molecule has 1 aromatic carbocycles. The van der Waals surface area contributed by atoms with Gasteiger partial charge in [-0.2, -0.15) is 0 Å². The molecule has 6 aliphatic rings. The maximum absolute atomic E-state index is 13.0. The fraction of sp³-hybridized carbons (Fsp3) is 0.600. The highest BCUT2D eigenvalue weighted by Crippen LogP contribution is 2.66. The van der Waals surface area contributed by atoms with Gasteiger partial charge in [0.2, 0.25) is 0 Å². The largest absolute Gasteiger partial charge is 0.294 e. The Hall–Kier alpha value is -1.44. The fourth-order valence-electron chi connectivity index (χ4n) is 5.89. The number of hydrogen-bond acceptors (Lipinski definition) is 2. The number of rotatable bonds is 0. The average Bonchev–Trinajstić information content (AvgIpc) is 2.45. The molecule has 1 aromatic rings. The van der Waals surface area contributed by atoms with Crippen molar-refractivity contribution in [3.8, 4) is 0 Å². The average molecular weight is 294 g/mol. The van der Waals surface area contributed by atoms with Crippen molar-refractivity contribution in [3.63, 3.8) is 0 Å². The Morgan fingerprint density at radius 2 is 1.09 bits per heavy atom. The van der Waals surface area contributed by atoms with Gasteiger partial charge >= 0.3 is 0 Å². The molecule has 0 radical (unpaired) electrons. The van der Waals surface area contributed by atoms with Crippen LogP contribution in [0.2, 0.25) is 0 Å². The molecule has 2 saturated carbocycles. The molecule has 4 unspecified atom stereocenters. The lowest BCUT2D eigenvalue weighted by Gasteiger charge is -2.59.